The first kappa shape index (κ1) is 12.0. The second-order valence-electron chi connectivity index (χ2n) is 1.95. The molecule has 0 saturated heterocycles. The van der Waals surface area contributed by atoms with E-state index in [-0.39, 0.29) is 0 Å². The number of hydrogen-bond donors (Lipinski definition) is 0. The molecule has 0 N–H and O–H groups in total. The van der Waals surface area contributed by atoms with E-state index in [1.54, 1.807) is 21.6 Å². The maximum atomic E-state index is 10.4. The van der Waals surface area contributed by atoms with Gasteiger partial charge in [-0.15, -0.1) is 0 Å². The van der Waals surface area contributed by atoms with Crippen molar-refractivity contribution in [1.82, 2.24) is 0 Å². The van der Waals surface area contributed by atoms with Crippen molar-refractivity contribution in [3.05, 3.63) is 0 Å². The van der Waals surface area contributed by atoms with E-state index in [2.05, 4.69) is 16.4 Å². The van der Waals surface area contributed by atoms with E-state index in [1.165, 1.54) is 13.5 Å². The Hall–Kier alpha value is -0.0300. The average molecular weight is 210 g/mol. The summed E-state index contributed by atoms with van der Waals surface area (Å²) in [7, 11) is 4.82. The van der Waals surface area contributed by atoms with Crippen molar-refractivity contribution in [2.45, 2.75) is 13.3 Å². The summed E-state index contributed by atoms with van der Waals surface area (Å²) in [4.78, 5) is 10.4. The molecule has 0 aromatic rings. The predicted octanol–water partition coefficient (Wildman–Crippen LogP) is 2.56. The molecule has 0 amide bonds. The number of ether oxygens (including phenoxy) is 2. The molecule has 0 spiro atoms. The molecule has 0 radical (unpaired) electrons. The minimum absolute atomic E-state index is 0.425. The summed E-state index contributed by atoms with van der Waals surface area (Å²) in [6, 6.07) is 0. The van der Waals surface area contributed by atoms with Crippen molar-refractivity contribution in [1.29, 1.82) is 0 Å². The summed E-state index contributed by atoms with van der Waals surface area (Å²) in [5, 5.41) is 0. The van der Waals surface area contributed by atoms with Gasteiger partial charge in [0.15, 0.2) is 0 Å². The highest BCUT2D eigenvalue weighted by Crippen LogP contribution is 2.21. The summed E-state index contributed by atoms with van der Waals surface area (Å²) in [5.41, 5.74) is 0. The molecule has 0 unspecified atom stereocenters. The van der Waals surface area contributed by atoms with Gasteiger partial charge in [0.1, 0.15) is 6.61 Å². The fourth-order valence-electron chi connectivity index (χ4n) is 0.419. The Labute approximate surface area is 81.0 Å². The smallest absolute Gasteiger partial charge is 0.438 e. The Bertz CT molecular complexity index is 119. The molecule has 0 saturated carbocycles. The third-order valence-electron chi connectivity index (χ3n) is 0.924. The largest absolute Gasteiger partial charge is 0.508 e. The van der Waals surface area contributed by atoms with Crippen LogP contribution in [0.2, 0.25) is 0 Å². The highest BCUT2D eigenvalue weighted by Gasteiger charge is 1.98. The molecular weight excluding hydrogens is 196 g/mol. The van der Waals surface area contributed by atoms with E-state index in [0.29, 0.717) is 6.61 Å². The van der Waals surface area contributed by atoms with Crippen molar-refractivity contribution in [2.75, 3.05) is 25.2 Å². The van der Waals surface area contributed by atoms with Crippen LogP contribution in [-0.2, 0) is 9.47 Å². The molecule has 5 heteroatoms. The minimum Gasteiger partial charge on any atom is -0.438 e. The zero-order valence-corrected chi connectivity index (χ0v) is 9.00. The molecule has 12 heavy (non-hydrogen) atoms. The van der Waals surface area contributed by atoms with Crippen molar-refractivity contribution in [3.8, 4) is 0 Å². The first-order valence-corrected chi connectivity index (χ1v) is 6.25. The number of rotatable bonds is 6. The first-order chi connectivity index (χ1) is 5.81. The van der Waals surface area contributed by atoms with Crippen LogP contribution >= 0.6 is 21.6 Å². The van der Waals surface area contributed by atoms with Gasteiger partial charge in [-0.3, -0.25) is 0 Å². The van der Waals surface area contributed by atoms with Crippen LogP contribution in [0.5, 0.6) is 0 Å². The van der Waals surface area contributed by atoms with Gasteiger partial charge >= 0.3 is 6.16 Å². The lowest BCUT2D eigenvalue weighted by atomic mass is 10.6. The van der Waals surface area contributed by atoms with Crippen LogP contribution in [0.4, 0.5) is 4.79 Å². The van der Waals surface area contributed by atoms with E-state index in [1.807, 2.05) is 0 Å². The second kappa shape index (κ2) is 9.06. The molecule has 0 aromatic heterocycles. The van der Waals surface area contributed by atoms with Gasteiger partial charge in [0, 0.05) is 11.5 Å². The molecule has 0 atom stereocenters. The zero-order valence-electron chi connectivity index (χ0n) is 7.37. The monoisotopic (exact) mass is 210 g/mol. The Morgan fingerprint density at radius 1 is 1.33 bits per heavy atom. The molecule has 0 heterocycles. The zero-order chi connectivity index (χ0) is 9.23. The van der Waals surface area contributed by atoms with Crippen molar-refractivity contribution < 1.29 is 14.3 Å². The van der Waals surface area contributed by atoms with Crippen LogP contribution in [0.3, 0.4) is 0 Å². The average Bonchev–Trinajstić information content (AvgIpc) is 2.10. The minimum atomic E-state index is -0.601. The molecule has 0 aliphatic rings. The maximum absolute atomic E-state index is 10.4. The summed E-state index contributed by atoms with van der Waals surface area (Å²) >= 11 is 0. The predicted molar refractivity (Wildman–Crippen MR) is 53.6 cm³/mol. The topological polar surface area (TPSA) is 35.5 Å². The number of carbonyl (C=O) groups is 1. The van der Waals surface area contributed by atoms with E-state index in [4.69, 9.17) is 0 Å². The van der Waals surface area contributed by atoms with Crippen molar-refractivity contribution in [2.24, 2.45) is 0 Å². The van der Waals surface area contributed by atoms with Crippen molar-refractivity contribution >= 4 is 27.7 Å². The Morgan fingerprint density at radius 3 is 2.58 bits per heavy atom. The van der Waals surface area contributed by atoms with Gasteiger partial charge < -0.3 is 9.47 Å². The molecule has 3 nitrogen and oxygen atoms in total. The molecule has 72 valence electrons. The highest BCUT2D eigenvalue weighted by molar-refractivity contribution is 8.76. The van der Waals surface area contributed by atoms with Gasteiger partial charge in [0.25, 0.3) is 0 Å². The normalized spacial score (nSPS) is 9.50. The molecule has 0 aliphatic heterocycles. The quantitative estimate of drug-likeness (QED) is 0.382. The second-order valence-corrected chi connectivity index (χ2v) is 4.65. The summed E-state index contributed by atoms with van der Waals surface area (Å²) in [6.07, 6.45) is 0.575. The Morgan fingerprint density at radius 2 is 2.00 bits per heavy atom. The third-order valence-corrected chi connectivity index (χ3v) is 3.50. The third kappa shape index (κ3) is 8.07. The summed E-state index contributed by atoms with van der Waals surface area (Å²) in [6.45, 7) is 2.56. The number of hydrogen-bond acceptors (Lipinski definition) is 5. The summed E-state index contributed by atoms with van der Waals surface area (Å²) in [5.74, 6) is 1.96. The van der Waals surface area contributed by atoms with E-state index in [0.717, 1.165) is 11.5 Å². The van der Waals surface area contributed by atoms with Gasteiger partial charge in [0.2, 0.25) is 0 Å². The molecule has 0 aromatic carbocycles. The maximum Gasteiger partial charge on any atom is 0.508 e. The molecule has 0 aliphatic carbocycles. The Balaban J connectivity index is 2.95. The number of methoxy groups -OCH3 is 1. The first-order valence-electron chi connectivity index (χ1n) is 3.76. The molecule has 0 fully saturated rings. The van der Waals surface area contributed by atoms with Crippen LogP contribution in [-0.4, -0.2) is 31.4 Å². The van der Waals surface area contributed by atoms with E-state index in [9.17, 15) is 4.79 Å². The lowest BCUT2D eigenvalue weighted by Crippen LogP contribution is -2.06. The van der Waals surface area contributed by atoms with Crippen LogP contribution in [0.15, 0.2) is 0 Å². The summed E-state index contributed by atoms with van der Waals surface area (Å²) < 4.78 is 8.98. The lowest BCUT2D eigenvalue weighted by Gasteiger charge is -2.01. The lowest BCUT2D eigenvalue weighted by molar-refractivity contribution is 0.0779. The van der Waals surface area contributed by atoms with E-state index < -0.39 is 6.16 Å². The SMILES string of the molecule is CCCSSCCOC(=O)OC. The molecular formula is C7H14O3S2. The molecule has 0 bridgehead atoms. The van der Waals surface area contributed by atoms with E-state index >= 15 is 0 Å². The van der Waals surface area contributed by atoms with Crippen LogP contribution in [0.25, 0.3) is 0 Å². The Kier molecular flexibility index (Phi) is 9.04. The van der Waals surface area contributed by atoms with Crippen LogP contribution in [0.1, 0.15) is 13.3 Å². The number of carbonyl (C=O) groups excluding carboxylic acids is 1. The van der Waals surface area contributed by atoms with Gasteiger partial charge in [-0.05, 0) is 6.42 Å². The van der Waals surface area contributed by atoms with Gasteiger partial charge in [-0.1, -0.05) is 28.5 Å². The van der Waals surface area contributed by atoms with Gasteiger partial charge in [-0.2, -0.15) is 0 Å². The van der Waals surface area contributed by atoms with Crippen LogP contribution in [0, 0.1) is 0 Å². The van der Waals surface area contributed by atoms with Crippen molar-refractivity contribution in [3.63, 3.8) is 0 Å². The molecule has 0 rings (SSSR count). The highest BCUT2D eigenvalue weighted by atomic mass is 33.1. The van der Waals surface area contributed by atoms with Gasteiger partial charge in [0.05, 0.1) is 7.11 Å². The fraction of sp³-hybridized carbons (Fsp3) is 0.857. The van der Waals surface area contributed by atoms with Gasteiger partial charge in [-0.25, -0.2) is 4.79 Å². The fourth-order valence-corrected chi connectivity index (χ4v) is 2.38. The standard InChI is InChI=1S/C7H14O3S2/c1-3-5-11-12-6-4-10-7(8)9-2/h3-6H2,1-2H3. The van der Waals surface area contributed by atoms with Crippen LogP contribution < -0.4 is 0 Å².